The maximum Gasteiger partial charge on any atom is 0.144 e. The highest BCUT2D eigenvalue weighted by Gasteiger charge is 2.10. The molecule has 0 radical (unpaired) electrons. The molecule has 106 valence electrons. The minimum absolute atomic E-state index is 0.549. The molecule has 0 saturated carbocycles. The van der Waals surface area contributed by atoms with Gasteiger partial charge >= 0.3 is 0 Å². The van der Waals surface area contributed by atoms with Gasteiger partial charge in [0.15, 0.2) is 0 Å². The molecule has 0 aliphatic heterocycles. The second-order valence-electron chi connectivity index (χ2n) is 5.15. The molecule has 0 amide bonds. The summed E-state index contributed by atoms with van der Waals surface area (Å²) in [4.78, 5) is 7.81. The molecule has 1 aromatic carbocycles. The minimum Gasteiger partial charge on any atom is -0.346 e. The molecule has 5 heteroatoms. The summed E-state index contributed by atoms with van der Waals surface area (Å²) in [5, 5.41) is 0.752. The number of H-pyrrole nitrogens is 1. The molecule has 0 saturated heterocycles. The average molecular weight is 372 g/mol. The van der Waals surface area contributed by atoms with Crippen molar-refractivity contribution in [2.24, 2.45) is 5.92 Å². The minimum atomic E-state index is 0.549. The summed E-state index contributed by atoms with van der Waals surface area (Å²) in [5.74, 6) is 1.40. The molecule has 2 aromatic rings. The van der Waals surface area contributed by atoms with Gasteiger partial charge in [0, 0.05) is 17.1 Å². The van der Waals surface area contributed by atoms with Crippen LogP contribution in [0.4, 0.5) is 0 Å². The van der Waals surface area contributed by atoms with Crippen molar-refractivity contribution in [3.8, 4) is 0 Å². The van der Waals surface area contributed by atoms with E-state index in [-0.39, 0.29) is 0 Å². The van der Waals surface area contributed by atoms with E-state index in [2.05, 4.69) is 39.7 Å². The van der Waals surface area contributed by atoms with Gasteiger partial charge in [-0.15, -0.1) is 0 Å². The van der Waals surface area contributed by atoms with Crippen LogP contribution in [0.1, 0.15) is 30.9 Å². The summed E-state index contributed by atoms with van der Waals surface area (Å²) < 4.78 is 1.49. The van der Waals surface area contributed by atoms with Crippen LogP contribution in [0.3, 0.4) is 0 Å². The Morgan fingerprint density at radius 3 is 2.70 bits per heavy atom. The topological polar surface area (TPSA) is 28.7 Å². The number of benzene rings is 1. The molecule has 1 N–H and O–H groups in total. The van der Waals surface area contributed by atoms with Gasteiger partial charge in [-0.1, -0.05) is 55.9 Å². The lowest BCUT2D eigenvalue weighted by Gasteiger charge is -2.11. The van der Waals surface area contributed by atoms with Crippen molar-refractivity contribution < 1.29 is 0 Å². The molecule has 2 rings (SSSR count). The first kappa shape index (κ1) is 15.7. The summed E-state index contributed by atoms with van der Waals surface area (Å²) in [6, 6.07) is 7.79. The fourth-order valence-corrected chi connectivity index (χ4v) is 2.80. The molecule has 2 nitrogen and oxygen atoms in total. The van der Waals surface area contributed by atoms with Crippen molar-refractivity contribution in [3.63, 3.8) is 0 Å². The molecular formula is C15H16BrClN2S. The van der Waals surface area contributed by atoms with Crippen LogP contribution in [0.5, 0.6) is 0 Å². The fourth-order valence-electron chi connectivity index (χ4n) is 2.01. The zero-order valence-electron chi connectivity index (χ0n) is 11.4. The lowest BCUT2D eigenvalue weighted by molar-refractivity contribution is 0.628. The van der Waals surface area contributed by atoms with Crippen LogP contribution < -0.4 is 0 Å². The summed E-state index contributed by atoms with van der Waals surface area (Å²) in [7, 11) is 0. The second-order valence-corrected chi connectivity index (χ2v) is 6.73. The highest BCUT2D eigenvalue weighted by molar-refractivity contribution is 9.10. The Kier molecular flexibility index (Phi) is 5.35. The normalized spacial score (nSPS) is 11.1. The summed E-state index contributed by atoms with van der Waals surface area (Å²) in [5.41, 5.74) is 2.15. The predicted molar refractivity (Wildman–Crippen MR) is 89.9 cm³/mol. The molecular weight excluding hydrogens is 356 g/mol. The van der Waals surface area contributed by atoms with E-state index in [0.29, 0.717) is 17.0 Å². The van der Waals surface area contributed by atoms with Crippen molar-refractivity contribution in [2.75, 3.05) is 0 Å². The van der Waals surface area contributed by atoms with Crippen molar-refractivity contribution >= 4 is 39.7 Å². The largest absolute Gasteiger partial charge is 0.346 e. The molecule has 0 aliphatic carbocycles. The van der Waals surface area contributed by atoms with Crippen molar-refractivity contribution in [3.05, 3.63) is 55.5 Å². The van der Waals surface area contributed by atoms with Gasteiger partial charge in [-0.05, 0) is 39.9 Å². The number of halogens is 2. The highest BCUT2D eigenvalue weighted by Crippen LogP contribution is 2.22. The quantitative estimate of drug-likeness (QED) is 0.734. The Balaban J connectivity index is 2.36. The summed E-state index contributed by atoms with van der Waals surface area (Å²) in [6.45, 7) is 4.36. The van der Waals surface area contributed by atoms with Crippen LogP contribution >= 0.6 is 39.7 Å². The molecule has 1 aromatic heterocycles. The standard InChI is InChI=1S/C15H16BrClN2S/c1-9(2)7-12-14(16)15(20)19-13(18-12)8-10-5-3-4-6-11(10)17/h3-6,9H,7-8H2,1-2H3,(H,18,19,20). The number of nitrogens with one attached hydrogen (secondary N) is 1. The van der Waals surface area contributed by atoms with E-state index in [1.807, 2.05) is 24.3 Å². The van der Waals surface area contributed by atoms with E-state index in [0.717, 1.165) is 33.0 Å². The van der Waals surface area contributed by atoms with Crippen LogP contribution in [-0.2, 0) is 12.8 Å². The Morgan fingerprint density at radius 1 is 1.35 bits per heavy atom. The molecule has 20 heavy (non-hydrogen) atoms. The highest BCUT2D eigenvalue weighted by atomic mass is 79.9. The average Bonchev–Trinajstić information content (AvgIpc) is 2.37. The number of rotatable bonds is 4. The number of aromatic amines is 1. The SMILES string of the molecule is CC(C)Cc1[nH]c(Cc2ccccc2Cl)nc(=S)c1Br. The second kappa shape index (κ2) is 6.83. The van der Waals surface area contributed by atoms with E-state index >= 15 is 0 Å². The van der Waals surface area contributed by atoms with E-state index in [9.17, 15) is 0 Å². The Bertz CT molecular complexity index is 667. The number of aromatic nitrogens is 2. The van der Waals surface area contributed by atoms with Gasteiger partial charge in [-0.25, -0.2) is 4.98 Å². The van der Waals surface area contributed by atoms with Crippen LogP contribution in [0, 0.1) is 10.6 Å². The lowest BCUT2D eigenvalue weighted by Crippen LogP contribution is -2.05. The lowest BCUT2D eigenvalue weighted by atomic mass is 10.1. The van der Waals surface area contributed by atoms with Gasteiger partial charge in [0.2, 0.25) is 0 Å². The van der Waals surface area contributed by atoms with Crippen molar-refractivity contribution in [1.82, 2.24) is 9.97 Å². The number of nitrogens with zero attached hydrogens (tertiary/aromatic N) is 1. The van der Waals surface area contributed by atoms with Gasteiger partial charge < -0.3 is 4.98 Å². The van der Waals surface area contributed by atoms with Gasteiger partial charge in [0.1, 0.15) is 10.5 Å². The Hall–Kier alpha value is -0.710. The van der Waals surface area contributed by atoms with E-state index < -0.39 is 0 Å². The maximum atomic E-state index is 6.19. The third-order valence-electron chi connectivity index (χ3n) is 2.91. The van der Waals surface area contributed by atoms with Crippen LogP contribution in [0.25, 0.3) is 0 Å². The monoisotopic (exact) mass is 370 g/mol. The van der Waals surface area contributed by atoms with Crippen molar-refractivity contribution in [1.29, 1.82) is 0 Å². The molecule has 0 unspecified atom stereocenters. The molecule has 0 atom stereocenters. The van der Waals surface area contributed by atoms with E-state index in [1.165, 1.54) is 0 Å². The van der Waals surface area contributed by atoms with Crippen molar-refractivity contribution in [2.45, 2.75) is 26.7 Å². The van der Waals surface area contributed by atoms with Crippen LogP contribution in [0.2, 0.25) is 5.02 Å². The van der Waals surface area contributed by atoms with Crippen LogP contribution in [-0.4, -0.2) is 9.97 Å². The van der Waals surface area contributed by atoms with E-state index in [4.69, 9.17) is 23.8 Å². The fraction of sp³-hybridized carbons (Fsp3) is 0.333. The summed E-state index contributed by atoms with van der Waals surface area (Å²) in [6.07, 6.45) is 1.59. The zero-order chi connectivity index (χ0) is 14.7. The first-order valence-corrected chi connectivity index (χ1v) is 8.06. The molecule has 0 fully saturated rings. The molecule has 0 aliphatic rings. The Labute approximate surface area is 137 Å². The van der Waals surface area contributed by atoms with Gasteiger partial charge in [0.05, 0.1) is 4.47 Å². The first-order chi connectivity index (χ1) is 9.47. The smallest absolute Gasteiger partial charge is 0.144 e. The van der Waals surface area contributed by atoms with Gasteiger partial charge in [-0.2, -0.15) is 0 Å². The number of hydrogen-bond donors (Lipinski definition) is 1. The van der Waals surface area contributed by atoms with Gasteiger partial charge in [-0.3, -0.25) is 0 Å². The first-order valence-electron chi connectivity index (χ1n) is 6.48. The van der Waals surface area contributed by atoms with E-state index in [1.54, 1.807) is 0 Å². The predicted octanol–water partition coefficient (Wildman–Crippen LogP) is 5.34. The van der Waals surface area contributed by atoms with Gasteiger partial charge in [0.25, 0.3) is 0 Å². The molecule has 1 heterocycles. The zero-order valence-corrected chi connectivity index (χ0v) is 14.6. The Morgan fingerprint density at radius 2 is 2.05 bits per heavy atom. The third-order valence-corrected chi connectivity index (χ3v) is 4.69. The number of hydrogen-bond acceptors (Lipinski definition) is 2. The van der Waals surface area contributed by atoms with Crippen LogP contribution in [0.15, 0.2) is 28.7 Å². The molecule has 0 spiro atoms. The third kappa shape index (κ3) is 3.90. The maximum absolute atomic E-state index is 6.19. The summed E-state index contributed by atoms with van der Waals surface area (Å²) >= 11 is 15.0. The molecule has 0 bridgehead atoms.